The summed E-state index contributed by atoms with van der Waals surface area (Å²) in [5.41, 5.74) is -0.519. The van der Waals surface area contributed by atoms with E-state index in [0.29, 0.717) is 6.61 Å². The van der Waals surface area contributed by atoms with E-state index >= 15 is 0 Å². The summed E-state index contributed by atoms with van der Waals surface area (Å²) in [4.78, 5) is 12.1. The molecule has 0 aromatic rings. The highest BCUT2D eigenvalue weighted by molar-refractivity contribution is 7.99. The molecule has 0 aromatic carbocycles. The molecule has 1 N–H and O–H groups in total. The van der Waals surface area contributed by atoms with Crippen LogP contribution in [0.1, 0.15) is 59.3 Å². The third kappa shape index (κ3) is 6.04. The molecule has 1 saturated carbocycles. The summed E-state index contributed by atoms with van der Waals surface area (Å²) in [7, 11) is 0. The van der Waals surface area contributed by atoms with Crippen molar-refractivity contribution in [3.8, 4) is 0 Å². The smallest absolute Gasteiger partial charge is 0.326 e. The average Bonchev–Trinajstić information content (AvgIpc) is 2.95. The fraction of sp³-hybridized carbons (Fsp3) is 0.938. The van der Waals surface area contributed by atoms with Crippen LogP contribution in [-0.2, 0) is 9.53 Å². The number of carbonyl (C=O) groups excluding carboxylic acids is 1. The Balaban J connectivity index is 2.32. The van der Waals surface area contributed by atoms with Crippen LogP contribution in [0.3, 0.4) is 0 Å². The average molecular weight is 301 g/mol. The molecule has 1 aliphatic rings. The zero-order valence-corrected chi connectivity index (χ0v) is 14.2. The normalized spacial score (nSPS) is 18.9. The Morgan fingerprint density at radius 1 is 1.35 bits per heavy atom. The van der Waals surface area contributed by atoms with Gasteiger partial charge in [-0.05, 0) is 63.5 Å². The second kappa shape index (κ2) is 9.67. The molecule has 3 nitrogen and oxygen atoms in total. The number of carbonyl (C=O) groups is 1. The monoisotopic (exact) mass is 301 g/mol. The van der Waals surface area contributed by atoms with Crippen molar-refractivity contribution in [3.05, 3.63) is 0 Å². The highest BCUT2D eigenvalue weighted by atomic mass is 32.2. The summed E-state index contributed by atoms with van der Waals surface area (Å²) in [6.07, 6.45) is 7.49. The molecular formula is C16H31NO2S. The van der Waals surface area contributed by atoms with Gasteiger partial charge in [0.15, 0.2) is 0 Å². The van der Waals surface area contributed by atoms with E-state index in [0.717, 1.165) is 31.1 Å². The van der Waals surface area contributed by atoms with Crippen LogP contribution in [0, 0.1) is 5.92 Å². The van der Waals surface area contributed by atoms with Gasteiger partial charge in [-0.15, -0.1) is 0 Å². The van der Waals surface area contributed by atoms with E-state index < -0.39 is 5.54 Å². The molecule has 1 aliphatic carbocycles. The first-order chi connectivity index (χ1) is 9.62. The second-order valence-electron chi connectivity index (χ2n) is 5.95. The number of rotatable bonds is 10. The third-order valence-corrected chi connectivity index (χ3v) is 5.27. The molecule has 1 unspecified atom stereocenters. The summed E-state index contributed by atoms with van der Waals surface area (Å²) in [5, 5.41) is 3.37. The second-order valence-corrected chi connectivity index (χ2v) is 7.10. The van der Waals surface area contributed by atoms with Crippen LogP contribution >= 0.6 is 11.8 Å². The molecule has 1 rings (SSSR count). The third-order valence-electron chi connectivity index (χ3n) is 4.07. The van der Waals surface area contributed by atoms with Crippen molar-refractivity contribution in [1.29, 1.82) is 0 Å². The van der Waals surface area contributed by atoms with Gasteiger partial charge in [0, 0.05) is 0 Å². The maximum atomic E-state index is 12.1. The Bertz CT molecular complexity index is 280. The van der Waals surface area contributed by atoms with E-state index in [2.05, 4.69) is 12.2 Å². The summed E-state index contributed by atoms with van der Waals surface area (Å²) in [5.74, 6) is 3.10. The molecule has 0 saturated heterocycles. The summed E-state index contributed by atoms with van der Waals surface area (Å²) in [6, 6.07) is 0. The molecule has 1 atom stereocenters. The lowest BCUT2D eigenvalue weighted by Crippen LogP contribution is -2.51. The molecule has 1 fully saturated rings. The Labute approximate surface area is 128 Å². The summed E-state index contributed by atoms with van der Waals surface area (Å²) >= 11 is 2.00. The first-order valence-corrected chi connectivity index (χ1v) is 9.28. The van der Waals surface area contributed by atoms with Gasteiger partial charge in [-0.3, -0.25) is 4.79 Å². The van der Waals surface area contributed by atoms with Crippen LogP contribution in [0.4, 0.5) is 0 Å². The van der Waals surface area contributed by atoms with Gasteiger partial charge in [0.25, 0.3) is 0 Å². The van der Waals surface area contributed by atoms with Crippen molar-refractivity contribution in [2.24, 2.45) is 5.92 Å². The maximum Gasteiger partial charge on any atom is 0.326 e. The van der Waals surface area contributed by atoms with Gasteiger partial charge in [-0.2, -0.15) is 11.8 Å². The number of nitrogens with one attached hydrogen (secondary N) is 1. The Kier molecular flexibility index (Phi) is 8.62. The molecular weight excluding hydrogens is 270 g/mol. The lowest BCUT2D eigenvalue weighted by Gasteiger charge is -2.28. The molecule has 0 heterocycles. The van der Waals surface area contributed by atoms with Crippen molar-refractivity contribution >= 4 is 17.7 Å². The number of ether oxygens (including phenoxy) is 1. The highest BCUT2D eigenvalue weighted by Crippen LogP contribution is 2.28. The maximum absolute atomic E-state index is 12.1. The van der Waals surface area contributed by atoms with Gasteiger partial charge >= 0.3 is 5.97 Å². The number of hydrogen-bond donors (Lipinski definition) is 1. The summed E-state index contributed by atoms with van der Waals surface area (Å²) < 4.78 is 5.22. The lowest BCUT2D eigenvalue weighted by molar-refractivity contribution is -0.150. The SMILES string of the molecule is CCCNC(C)(CCSCC1CCCC1)C(=O)OCC. The van der Waals surface area contributed by atoms with Gasteiger partial charge < -0.3 is 10.1 Å². The van der Waals surface area contributed by atoms with Gasteiger partial charge in [0.05, 0.1) is 6.61 Å². The topological polar surface area (TPSA) is 38.3 Å². The van der Waals surface area contributed by atoms with E-state index in [9.17, 15) is 4.79 Å². The molecule has 0 bridgehead atoms. The largest absolute Gasteiger partial charge is 0.465 e. The van der Waals surface area contributed by atoms with Gasteiger partial charge in [0.2, 0.25) is 0 Å². The van der Waals surface area contributed by atoms with Gasteiger partial charge in [-0.1, -0.05) is 19.8 Å². The summed E-state index contributed by atoms with van der Waals surface area (Å²) in [6.45, 7) is 7.29. The van der Waals surface area contributed by atoms with Crippen LogP contribution in [0.2, 0.25) is 0 Å². The zero-order chi connectivity index (χ0) is 14.8. The first-order valence-electron chi connectivity index (χ1n) is 8.12. The minimum atomic E-state index is -0.519. The predicted octanol–water partition coefficient (Wildman–Crippen LogP) is 3.62. The van der Waals surface area contributed by atoms with Crippen LogP contribution < -0.4 is 5.32 Å². The van der Waals surface area contributed by atoms with E-state index in [4.69, 9.17) is 4.74 Å². The van der Waals surface area contributed by atoms with Crippen LogP contribution in [0.25, 0.3) is 0 Å². The zero-order valence-electron chi connectivity index (χ0n) is 13.4. The fourth-order valence-electron chi connectivity index (χ4n) is 2.66. The number of esters is 1. The van der Waals surface area contributed by atoms with Gasteiger partial charge in [-0.25, -0.2) is 0 Å². The van der Waals surface area contributed by atoms with Crippen LogP contribution in [0.15, 0.2) is 0 Å². The lowest BCUT2D eigenvalue weighted by atomic mass is 9.99. The van der Waals surface area contributed by atoms with Crippen LogP contribution in [-0.4, -0.2) is 36.2 Å². The van der Waals surface area contributed by atoms with Crippen molar-refractivity contribution in [2.45, 2.75) is 64.8 Å². The fourth-order valence-corrected chi connectivity index (χ4v) is 4.04. The molecule has 118 valence electrons. The van der Waals surface area contributed by atoms with Crippen molar-refractivity contribution in [2.75, 3.05) is 24.7 Å². The first kappa shape index (κ1) is 17.8. The van der Waals surface area contributed by atoms with E-state index in [1.54, 1.807) is 0 Å². The van der Waals surface area contributed by atoms with E-state index in [1.165, 1.54) is 31.4 Å². The van der Waals surface area contributed by atoms with E-state index in [-0.39, 0.29) is 5.97 Å². The number of thioether (sulfide) groups is 1. The quantitative estimate of drug-likeness (QED) is 0.494. The molecule has 4 heteroatoms. The molecule has 0 aromatic heterocycles. The molecule has 0 aliphatic heterocycles. The molecule has 0 radical (unpaired) electrons. The predicted molar refractivity (Wildman–Crippen MR) is 87.2 cm³/mol. The Morgan fingerprint density at radius 2 is 2.05 bits per heavy atom. The van der Waals surface area contributed by atoms with Crippen molar-refractivity contribution in [3.63, 3.8) is 0 Å². The Morgan fingerprint density at radius 3 is 2.65 bits per heavy atom. The molecule has 0 amide bonds. The minimum Gasteiger partial charge on any atom is -0.465 e. The van der Waals surface area contributed by atoms with Crippen molar-refractivity contribution < 1.29 is 9.53 Å². The highest BCUT2D eigenvalue weighted by Gasteiger charge is 2.33. The number of hydrogen-bond acceptors (Lipinski definition) is 4. The molecule has 0 spiro atoms. The standard InChI is InChI=1S/C16H31NO2S/c1-4-11-17-16(3,15(18)19-5-2)10-12-20-13-14-8-6-7-9-14/h14,17H,4-13H2,1-3H3. The van der Waals surface area contributed by atoms with Crippen molar-refractivity contribution in [1.82, 2.24) is 5.32 Å². The molecule has 20 heavy (non-hydrogen) atoms. The Hall–Kier alpha value is -0.220. The van der Waals surface area contributed by atoms with Gasteiger partial charge in [0.1, 0.15) is 5.54 Å². The van der Waals surface area contributed by atoms with E-state index in [1.807, 2.05) is 25.6 Å². The minimum absolute atomic E-state index is 0.102. The van der Waals surface area contributed by atoms with Crippen LogP contribution in [0.5, 0.6) is 0 Å².